The molecule has 0 saturated carbocycles. The number of benzene rings is 1. The van der Waals surface area contributed by atoms with Gasteiger partial charge in [0.15, 0.2) is 0 Å². The van der Waals surface area contributed by atoms with Crippen LogP contribution in [-0.2, 0) is 12.8 Å². The maximum Gasteiger partial charge on any atom is 0.335 e. The Kier molecular flexibility index (Phi) is 3.69. The van der Waals surface area contributed by atoms with Crippen LogP contribution in [0.25, 0.3) is 0 Å². The zero-order chi connectivity index (χ0) is 10.6. The molecule has 0 heterocycles. The quantitative estimate of drug-likeness (QED) is 0.796. The van der Waals surface area contributed by atoms with E-state index in [0.29, 0.717) is 5.56 Å². The molecular formula is C12H16O2. The fraction of sp³-hybridized carbons (Fsp3) is 0.417. The summed E-state index contributed by atoms with van der Waals surface area (Å²) in [5.41, 5.74) is 2.61. The van der Waals surface area contributed by atoms with Gasteiger partial charge in [-0.05, 0) is 30.0 Å². The summed E-state index contributed by atoms with van der Waals surface area (Å²) in [6.45, 7) is 4.13. The zero-order valence-electron chi connectivity index (χ0n) is 8.71. The molecule has 0 aliphatic carbocycles. The lowest BCUT2D eigenvalue weighted by Gasteiger charge is -2.06. The van der Waals surface area contributed by atoms with Crippen LogP contribution in [0.2, 0.25) is 0 Å². The van der Waals surface area contributed by atoms with Crippen LogP contribution in [-0.4, -0.2) is 11.1 Å². The van der Waals surface area contributed by atoms with E-state index in [4.69, 9.17) is 5.11 Å². The van der Waals surface area contributed by atoms with Crippen molar-refractivity contribution in [1.82, 2.24) is 0 Å². The largest absolute Gasteiger partial charge is 0.478 e. The minimum absolute atomic E-state index is 0.448. The number of carbonyl (C=O) groups is 1. The first-order valence-electron chi connectivity index (χ1n) is 5.04. The Morgan fingerprint density at radius 3 is 2.57 bits per heavy atom. The van der Waals surface area contributed by atoms with Crippen molar-refractivity contribution in [3.63, 3.8) is 0 Å². The van der Waals surface area contributed by atoms with Crippen molar-refractivity contribution < 1.29 is 9.90 Å². The van der Waals surface area contributed by atoms with Crippen LogP contribution in [0.1, 0.15) is 41.8 Å². The highest BCUT2D eigenvalue weighted by molar-refractivity contribution is 5.89. The molecule has 0 aromatic heterocycles. The van der Waals surface area contributed by atoms with Crippen LogP contribution in [0.4, 0.5) is 0 Å². The number of hydrogen-bond acceptors (Lipinski definition) is 1. The van der Waals surface area contributed by atoms with E-state index in [0.717, 1.165) is 24.8 Å². The van der Waals surface area contributed by atoms with Gasteiger partial charge < -0.3 is 5.11 Å². The highest BCUT2D eigenvalue weighted by Gasteiger charge is 2.09. The fourth-order valence-electron chi connectivity index (χ4n) is 1.55. The van der Waals surface area contributed by atoms with Gasteiger partial charge in [-0.3, -0.25) is 0 Å². The van der Waals surface area contributed by atoms with Gasteiger partial charge in [-0.25, -0.2) is 4.79 Å². The first-order valence-corrected chi connectivity index (χ1v) is 5.04. The first kappa shape index (κ1) is 10.8. The third kappa shape index (κ3) is 2.34. The molecule has 0 atom stereocenters. The van der Waals surface area contributed by atoms with Crippen molar-refractivity contribution in [3.05, 3.63) is 34.9 Å². The average Bonchev–Trinajstić information content (AvgIpc) is 2.17. The third-order valence-corrected chi connectivity index (χ3v) is 2.33. The van der Waals surface area contributed by atoms with Crippen molar-refractivity contribution in [2.75, 3.05) is 0 Å². The summed E-state index contributed by atoms with van der Waals surface area (Å²) in [6.07, 6.45) is 2.78. The van der Waals surface area contributed by atoms with Crippen LogP contribution in [0, 0.1) is 0 Å². The Morgan fingerprint density at radius 1 is 1.36 bits per heavy atom. The lowest BCUT2D eigenvalue weighted by Crippen LogP contribution is -2.03. The van der Waals surface area contributed by atoms with Crippen molar-refractivity contribution in [1.29, 1.82) is 0 Å². The number of carboxylic acids is 1. The van der Waals surface area contributed by atoms with Crippen LogP contribution < -0.4 is 0 Å². The molecule has 2 nitrogen and oxygen atoms in total. The molecule has 76 valence electrons. The van der Waals surface area contributed by atoms with Gasteiger partial charge in [-0.15, -0.1) is 0 Å². The molecule has 1 N–H and O–H groups in total. The van der Waals surface area contributed by atoms with Gasteiger partial charge in [0, 0.05) is 0 Å². The number of rotatable bonds is 4. The summed E-state index contributed by atoms with van der Waals surface area (Å²) in [4.78, 5) is 10.9. The standard InChI is InChI=1S/C12H16O2/c1-3-5-10-8-9(4-2)6-7-11(10)12(13)14/h6-8H,3-5H2,1-2H3,(H,13,14). The van der Waals surface area contributed by atoms with E-state index in [9.17, 15) is 4.79 Å². The molecule has 14 heavy (non-hydrogen) atoms. The van der Waals surface area contributed by atoms with Gasteiger partial charge in [0.05, 0.1) is 5.56 Å². The molecule has 1 aromatic rings. The normalized spacial score (nSPS) is 10.1. The Balaban J connectivity index is 3.10. The summed E-state index contributed by atoms with van der Waals surface area (Å²) in [6, 6.07) is 5.61. The topological polar surface area (TPSA) is 37.3 Å². The second kappa shape index (κ2) is 4.80. The first-order chi connectivity index (χ1) is 6.69. The molecule has 0 amide bonds. The smallest absolute Gasteiger partial charge is 0.335 e. The molecule has 0 bridgehead atoms. The Bertz CT molecular complexity index is 329. The maximum absolute atomic E-state index is 10.9. The summed E-state index contributed by atoms with van der Waals surface area (Å²) in [5.74, 6) is -0.823. The van der Waals surface area contributed by atoms with Gasteiger partial charge in [0.1, 0.15) is 0 Å². The summed E-state index contributed by atoms with van der Waals surface area (Å²) in [7, 11) is 0. The summed E-state index contributed by atoms with van der Waals surface area (Å²) >= 11 is 0. The van der Waals surface area contributed by atoms with E-state index >= 15 is 0 Å². The number of aryl methyl sites for hydroxylation is 2. The second-order valence-electron chi connectivity index (χ2n) is 3.40. The third-order valence-electron chi connectivity index (χ3n) is 2.33. The zero-order valence-corrected chi connectivity index (χ0v) is 8.71. The van der Waals surface area contributed by atoms with Gasteiger partial charge in [0.25, 0.3) is 0 Å². The molecule has 2 heteroatoms. The lowest BCUT2D eigenvalue weighted by atomic mass is 9.99. The minimum atomic E-state index is -0.823. The molecule has 0 unspecified atom stereocenters. The number of carboxylic acid groups (broad SMARTS) is 1. The van der Waals surface area contributed by atoms with E-state index in [1.54, 1.807) is 6.07 Å². The summed E-state index contributed by atoms with van der Waals surface area (Å²) < 4.78 is 0. The van der Waals surface area contributed by atoms with E-state index < -0.39 is 5.97 Å². The molecule has 0 spiro atoms. The molecule has 0 radical (unpaired) electrons. The molecule has 1 aromatic carbocycles. The Labute approximate surface area is 84.6 Å². The van der Waals surface area contributed by atoms with Crippen LogP contribution >= 0.6 is 0 Å². The van der Waals surface area contributed by atoms with Gasteiger partial charge in [-0.2, -0.15) is 0 Å². The van der Waals surface area contributed by atoms with Crippen molar-refractivity contribution in [2.45, 2.75) is 33.1 Å². The lowest BCUT2D eigenvalue weighted by molar-refractivity contribution is 0.0695. The van der Waals surface area contributed by atoms with Crippen molar-refractivity contribution in [3.8, 4) is 0 Å². The SMILES string of the molecule is CCCc1cc(CC)ccc1C(=O)O. The van der Waals surface area contributed by atoms with Crippen molar-refractivity contribution >= 4 is 5.97 Å². The van der Waals surface area contributed by atoms with E-state index in [1.807, 2.05) is 12.1 Å². The molecule has 0 aliphatic rings. The van der Waals surface area contributed by atoms with E-state index in [-0.39, 0.29) is 0 Å². The van der Waals surface area contributed by atoms with Crippen LogP contribution in [0.5, 0.6) is 0 Å². The minimum Gasteiger partial charge on any atom is -0.478 e. The molecule has 0 saturated heterocycles. The predicted molar refractivity (Wildman–Crippen MR) is 56.8 cm³/mol. The van der Waals surface area contributed by atoms with Crippen molar-refractivity contribution in [2.24, 2.45) is 0 Å². The number of hydrogen-bond donors (Lipinski definition) is 1. The molecule has 0 aliphatic heterocycles. The van der Waals surface area contributed by atoms with Gasteiger partial charge >= 0.3 is 5.97 Å². The average molecular weight is 192 g/mol. The van der Waals surface area contributed by atoms with Crippen LogP contribution in [0.15, 0.2) is 18.2 Å². The van der Waals surface area contributed by atoms with Crippen LogP contribution in [0.3, 0.4) is 0 Å². The highest BCUT2D eigenvalue weighted by Crippen LogP contribution is 2.14. The fourth-order valence-corrected chi connectivity index (χ4v) is 1.55. The van der Waals surface area contributed by atoms with Gasteiger partial charge in [-0.1, -0.05) is 32.4 Å². The Hall–Kier alpha value is -1.31. The van der Waals surface area contributed by atoms with Gasteiger partial charge in [0.2, 0.25) is 0 Å². The summed E-state index contributed by atoms with van der Waals surface area (Å²) in [5, 5.41) is 8.96. The highest BCUT2D eigenvalue weighted by atomic mass is 16.4. The van der Waals surface area contributed by atoms with E-state index in [2.05, 4.69) is 13.8 Å². The maximum atomic E-state index is 10.9. The Morgan fingerprint density at radius 2 is 2.07 bits per heavy atom. The predicted octanol–water partition coefficient (Wildman–Crippen LogP) is 2.90. The number of aromatic carboxylic acids is 1. The molecule has 1 rings (SSSR count). The molecular weight excluding hydrogens is 176 g/mol. The second-order valence-corrected chi connectivity index (χ2v) is 3.40. The van der Waals surface area contributed by atoms with E-state index in [1.165, 1.54) is 5.56 Å². The molecule has 0 fully saturated rings. The monoisotopic (exact) mass is 192 g/mol.